The minimum Gasteiger partial charge on any atom is -0.508 e. The minimum atomic E-state index is -0.184. The second-order valence-electron chi connectivity index (χ2n) is 12.0. The van der Waals surface area contributed by atoms with Crippen LogP contribution in [0.25, 0.3) is 0 Å². The molecule has 2 fully saturated rings. The lowest BCUT2D eigenvalue weighted by atomic mass is 9.55. The summed E-state index contributed by atoms with van der Waals surface area (Å²) in [7, 11) is 0. The standard InChI is InChI=1S/C33H35Cl2N3O2S/c1-33-15-14-25-26(28(33)12-13-31(33)40)11-4-20-18-30(39)21(16-27(20)25)17-29(19-2-5-22(34)6-3-19)37-38-32(41)36-24-9-7-23(35)8-10-24/h2-3,5-10,16,18,25-26,28,31,39-40H,4,11-15,17H2,1H3,(H2,36,38,41)/b37-29-/t25-,26+,28-,31-,33-/m0/s1. The zero-order valence-electron chi connectivity index (χ0n) is 23.0. The van der Waals surface area contributed by atoms with Crippen molar-refractivity contribution in [2.24, 2.45) is 22.4 Å². The van der Waals surface area contributed by atoms with Crippen LogP contribution in [0.15, 0.2) is 65.8 Å². The summed E-state index contributed by atoms with van der Waals surface area (Å²) in [5, 5.41) is 31.4. The first-order valence-corrected chi connectivity index (χ1v) is 15.6. The van der Waals surface area contributed by atoms with Crippen LogP contribution in [0, 0.1) is 17.3 Å². The number of aromatic hydroxyl groups is 1. The molecule has 0 saturated heterocycles. The molecule has 41 heavy (non-hydrogen) atoms. The van der Waals surface area contributed by atoms with E-state index in [1.165, 1.54) is 11.1 Å². The summed E-state index contributed by atoms with van der Waals surface area (Å²) in [6.45, 7) is 2.30. The number of aliphatic hydroxyl groups is 1. The summed E-state index contributed by atoms with van der Waals surface area (Å²) in [4.78, 5) is 0. The largest absolute Gasteiger partial charge is 0.508 e. The molecule has 8 heteroatoms. The average molecular weight is 609 g/mol. The van der Waals surface area contributed by atoms with Gasteiger partial charge in [0.05, 0.1) is 11.8 Å². The molecule has 214 valence electrons. The number of aryl methyl sites for hydroxylation is 1. The van der Waals surface area contributed by atoms with Gasteiger partial charge in [-0.25, -0.2) is 0 Å². The van der Waals surface area contributed by atoms with E-state index in [1.807, 2.05) is 42.5 Å². The number of thiocarbonyl (C=S) groups is 1. The Hall–Kier alpha value is -2.64. The first-order chi connectivity index (χ1) is 19.7. The molecule has 3 aliphatic rings. The molecule has 0 bridgehead atoms. The van der Waals surface area contributed by atoms with Gasteiger partial charge in [0.2, 0.25) is 0 Å². The van der Waals surface area contributed by atoms with Crippen LogP contribution < -0.4 is 10.7 Å². The molecule has 3 aromatic rings. The summed E-state index contributed by atoms with van der Waals surface area (Å²) >= 11 is 17.7. The third-order valence-corrected chi connectivity index (χ3v) is 10.5. The van der Waals surface area contributed by atoms with Crippen molar-refractivity contribution in [1.82, 2.24) is 5.43 Å². The molecule has 5 atom stereocenters. The van der Waals surface area contributed by atoms with E-state index in [9.17, 15) is 10.2 Å². The second kappa shape index (κ2) is 11.6. The summed E-state index contributed by atoms with van der Waals surface area (Å²) < 4.78 is 0. The number of hydrazone groups is 1. The first-order valence-electron chi connectivity index (χ1n) is 14.4. The maximum Gasteiger partial charge on any atom is 0.191 e. The topological polar surface area (TPSA) is 76.9 Å². The van der Waals surface area contributed by atoms with Crippen LogP contribution >= 0.6 is 35.4 Å². The van der Waals surface area contributed by atoms with Crippen molar-refractivity contribution in [3.8, 4) is 5.75 Å². The number of hydrogen-bond donors (Lipinski definition) is 4. The molecule has 4 N–H and O–H groups in total. The van der Waals surface area contributed by atoms with E-state index >= 15 is 0 Å². The summed E-state index contributed by atoms with van der Waals surface area (Å²) in [6.07, 6.45) is 6.50. The molecule has 0 aliphatic heterocycles. The van der Waals surface area contributed by atoms with Crippen LogP contribution in [0.1, 0.15) is 67.2 Å². The monoisotopic (exact) mass is 607 g/mol. The molecule has 6 rings (SSSR count). The van der Waals surface area contributed by atoms with Crippen molar-refractivity contribution < 1.29 is 10.2 Å². The highest BCUT2D eigenvalue weighted by molar-refractivity contribution is 7.80. The molecule has 0 heterocycles. The Morgan fingerprint density at radius 3 is 2.44 bits per heavy atom. The average Bonchev–Trinajstić information content (AvgIpc) is 3.27. The zero-order valence-corrected chi connectivity index (χ0v) is 25.4. The van der Waals surface area contributed by atoms with Crippen LogP contribution in [0.4, 0.5) is 5.69 Å². The summed E-state index contributed by atoms with van der Waals surface area (Å²) in [6, 6.07) is 19.0. The summed E-state index contributed by atoms with van der Waals surface area (Å²) in [5.41, 5.74) is 8.90. The molecule has 3 aromatic carbocycles. The molecular weight excluding hydrogens is 573 g/mol. The van der Waals surface area contributed by atoms with Crippen LogP contribution in [-0.4, -0.2) is 27.1 Å². The van der Waals surface area contributed by atoms with Crippen LogP contribution in [0.3, 0.4) is 0 Å². The van der Waals surface area contributed by atoms with Gasteiger partial charge in [-0.2, -0.15) is 5.10 Å². The van der Waals surface area contributed by atoms with Crippen molar-refractivity contribution >= 4 is 51.9 Å². The van der Waals surface area contributed by atoms with Gasteiger partial charge >= 0.3 is 0 Å². The van der Waals surface area contributed by atoms with Crippen LogP contribution in [-0.2, 0) is 12.8 Å². The highest BCUT2D eigenvalue weighted by Crippen LogP contribution is 2.61. The highest BCUT2D eigenvalue weighted by Gasteiger charge is 2.54. The fourth-order valence-corrected chi connectivity index (χ4v) is 8.02. The van der Waals surface area contributed by atoms with E-state index in [-0.39, 0.29) is 11.5 Å². The second-order valence-corrected chi connectivity index (χ2v) is 13.3. The highest BCUT2D eigenvalue weighted by atomic mass is 35.5. The van der Waals surface area contributed by atoms with Gasteiger partial charge in [0.1, 0.15) is 5.75 Å². The third kappa shape index (κ3) is 5.72. The Bertz CT molecular complexity index is 1480. The zero-order chi connectivity index (χ0) is 28.7. The van der Waals surface area contributed by atoms with Crippen molar-refractivity contribution in [2.75, 3.05) is 5.32 Å². The predicted molar refractivity (Wildman–Crippen MR) is 171 cm³/mol. The maximum atomic E-state index is 11.1. The Balaban J connectivity index is 1.27. The van der Waals surface area contributed by atoms with Gasteiger partial charge in [0.25, 0.3) is 0 Å². The number of aliphatic hydroxyl groups excluding tert-OH is 1. The first kappa shape index (κ1) is 28.5. The molecule has 0 aromatic heterocycles. The van der Waals surface area contributed by atoms with E-state index in [2.05, 4.69) is 28.8 Å². The van der Waals surface area contributed by atoms with Crippen molar-refractivity contribution in [3.05, 3.63) is 93.0 Å². The van der Waals surface area contributed by atoms with E-state index in [0.29, 0.717) is 45.1 Å². The predicted octanol–water partition coefficient (Wildman–Crippen LogP) is 7.85. The number of fused-ring (bicyclic) bond motifs is 5. The van der Waals surface area contributed by atoms with E-state index in [4.69, 9.17) is 35.4 Å². The van der Waals surface area contributed by atoms with Crippen LogP contribution in [0.2, 0.25) is 10.0 Å². The fourth-order valence-electron chi connectivity index (χ4n) is 7.61. The number of nitrogens with one attached hydrogen (secondary N) is 2. The third-order valence-electron chi connectivity index (χ3n) is 9.80. The maximum absolute atomic E-state index is 11.1. The van der Waals surface area contributed by atoms with E-state index in [0.717, 1.165) is 61.1 Å². The van der Waals surface area contributed by atoms with Gasteiger partial charge in [-0.15, -0.1) is 0 Å². The Morgan fingerprint density at radius 1 is 1.00 bits per heavy atom. The van der Waals surface area contributed by atoms with E-state index < -0.39 is 0 Å². The number of benzene rings is 3. The number of anilines is 1. The number of phenols is 1. The lowest BCUT2D eigenvalue weighted by Crippen LogP contribution is -2.43. The smallest absolute Gasteiger partial charge is 0.191 e. The lowest BCUT2D eigenvalue weighted by molar-refractivity contribution is -0.0226. The number of phenolic OH excluding ortho intramolecular Hbond substituents is 1. The quantitative estimate of drug-likeness (QED) is 0.135. The molecule has 0 unspecified atom stereocenters. The van der Waals surface area contributed by atoms with Crippen molar-refractivity contribution in [3.63, 3.8) is 0 Å². The number of nitrogens with zero attached hydrogens (tertiary/aromatic N) is 1. The SMILES string of the molecule is C[C@]12CC[C@@H]3c4cc(C/C(=N/NC(=S)Nc5ccc(Cl)cc5)c5ccc(Cl)cc5)c(O)cc4CC[C@H]3[C@@H]1CC[C@@H]2O. The molecule has 0 amide bonds. The summed E-state index contributed by atoms with van der Waals surface area (Å²) in [5.74, 6) is 1.90. The van der Waals surface area contributed by atoms with Crippen molar-refractivity contribution in [2.45, 2.75) is 63.9 Å². The fraction of sp³-hybridized carbons (Fsp3) is 0.394. The van der Waals surface area contributed by atoms with Gasteiger partial charge < -0.3 is 15.5 Å². The van der Waals surface area contributed by atoms with Gasteiger partial charge in [-0.1, -0.05) is 48.3 Å². The Labute approximate surface area is 257 Å². The van der Waals surface area contributed by atoms with E-state index in [1.54, 1.807) is 12.1 Å². The normalized spacial score (nSPS) is 27.0. The molecule has 0 spiro atoms. The molecular formula is C33H35Cl2N3O2S. The van der Waals surface area contributed by atoms with Gasteiger partial charge in [-0.05, 0) is 133 Å². The Kier molecular flexibility index (Phi) is 8.03. The Morgan fingerprint density at radius 2 is 1.71 bits per heavy atom. The lowest BCUT2D eigenvalue weighted by Gasteiger charge is -2.50. The van der Waals surface area contributed by atoms with Crippen molar-refractivity contribution in [1.29, 1.82) is 0 Å². The molecule has 2 saturated carbocycles. The number of rotatable bonds is 5. The van der Waals surface area contributed by atoms with Gasteiger partial charge in [0.15, 0.2) is 5.11 Å². The molecule has 5 nitrogen and oxygen atoms in total. The van der Waals surface area contributed by atoms with Gasteiger partial charge in [-0.3, -0.25) is 5.43 Å². The minimum absolute atomic E-state index is 0.0387. The molecule has 0 radical (unpaired) electrons. The number of halogens is 2. The van der Waals surface area contributed by atoms with Crippen LogP contribution in [0.5, 0.6) is 5.75 Å². The molecule has 3 aliphatic carbocycles. The van der Waals surface area contributed by atoms with Gasteiger partial charge in [0, 0.05) is 27.7 Å². The number of hydrogen-bond acceptors (Lipinski definition) is 4.